The second kappa shape index (κ2) is 7.65. The van der Waals surface area contributed by atoms with Gasteiger partial charge in [-0.05, 0) is 27.7 Å². The zero-order valence-corrected chi connectivity index (χ0v) is 10.3. The molecular weight excluding hydrogens is 196 g/mol. The smallest absolute Gasteiger partial charge is 0.302 e. The van der Waals surface area contributed by atoms with Gasteiger partial charge < -0.3 is 14.2 Å². The van der Waals surface area contributed by atoms with E-state index in [-0.39, 0.29) is 24.3 Å². The molecule has 0 aliphatic heterocycles. The van der Waals surface area contributed by atoms with Crippen LogP contribution in [0.2, 0.25) is 0 Å². The van der Waals surface area contributed by atoms with Gasteiger partial charge >= 0.3 is 5.97 Å². The number of esters is 1. The Balaban J connectivity index is 3.52. The van der Waals surface area contributed by atoms with E-state index in [2.05, 4.69) is 0 Å². The summed E-state index contributed by atoms with van der Waals surface area (Å²) in [5, 5.41) is 0. The molecule has 4 nitrogen and oxygen atoms in total. The molecule has 0 N–H and O–H groups in total. The van der Waals surface area contributed by atoms with Crippen LogP contribution in [0.5, 0.6) is 0 Å². The van der Waals surface area contributed by atoms with Crippen molar-refractivity contribution in [1.29, 1.82) is 0 Å². The van der Waals surface area contributed by atoms with E-state index in [1.165, 1.54) is 6.92 Å². The van der Waals surface area contributed by atoms with Crippen LogP contribution < -0.4 is 0 Å². The van der Waals surface area contributed by atoms with Gasteiger partial charge in [-0.2, -0.15) is 0 Å². The molecule has 2 unspecified atom stereocenters. The van der Waals surface area contributed by atoms with Crippen LogP contribution in [0.25, 0.3) is 0 Å². The first kappa shape index (κ1) is 14.4. The standard InChI is InChI=1S/C11H22O4/c1-8(2)15-10(4)7-13-9(3)6-14-11(5)12/h8-10H,6-7H2,1-5H3. The number of ether oxygens (including phenoxy) is 3. The van der Waals surface area contributed by atoms with Crippen molar-refractivity contribution < 1.29 is 19.0 Å². The highest BCUT2D eigenvalue weighted by molar-refractivity contribution is 5.65. The fourth-order valence-corrected chi connectivity index (χ4v) is 1.09. The number of rotatable bonds is 7. The lowest BCUT2D eigenvalue weighted by atomic mass is 10.4. The highest BCUT2D eigenvalue weighted by Crippen LogP contribution is 2.00. The lowest BCUT2D eigenvalue weighted by molar-refractivity contribution is -0.146. The van der Waals surface area contributed by atoms with Gasteiger partial charge in [-0.1, -0.05) is 0 Å². The highest BCUT2D eigenvalue weighted by atomic mass is 16.6. The van der Waals surface area contributed by atoms with Crippen molar-refractivity contribution in [2.45, 2.75) is 52.9 Å². The van der Waals surface area contributed by atoms with E-state index in [1.54, 1.807) is 0 Å². The Morgan fingerprint density at radius 2 is 1.67 bits per heavy atom. The lowest BCUT2D eigenvalue weighted by Crippen LogP contribution is -2.25. The van der Waals surface area contributed by atoms with Crippen molar-refractivity contribution in [1.82, 2.24) is 0 Å². The molecule has 0 spiro atoms. The summed E-state index contributed by atoms with van der Waals surface area (Å²) in [6.45, 7) is 9.99. The van der Waals surface area contributed by atoms with Crippen molar-refractivity contribution >= 4 is 5.97 Å². The van der Waals surface area contributed by atoms with Gasteiger partial charge in [0.2, 0.25) is 0 Å². The predicted octanol–water partition coefficient (Wildman–Crippen LogP) is 1.77. The first-order valence-corrected chi connectivity index (χ1v) is 5.32. The van der Waals surface area contributed by atoms with Crippen LogP contribution in [0, 0.1) is 0 Å². The summed E-state index contributed by atoms with van der Waals surface area (Å²) in [5.41, 5.74) is 0. The summed E-state index contributed by atoms with van der Waals surface area (Å²) >= 11 is 0. The molecule has 15 heavy (non-hydrogen) atoms. The summed E-state index contributed by atoms with van der Waals surface area (Å²) in [6, 6.07) is 0. The molecule has 0 saturated heterocycles. The van der Waals surface area contributed by atoms with E-state index in [1.807, 2.05) is 27.7 Å². The van der Waals surface area contributed by atoms with Crippen molar-refractivity contribution in [3.63, 3.8) is 0 Å². The van der Waals surface area contributed by atoms with E-state index in [4.69, 9.17) is 14.2 Å². The largest absolute Gasteiger partial charge is 0.463 e. The topological polar surface area (TPSA) is 44.8 Å². The average Bonchev–Trinajstić information content (AvgIpc) is 2.10. The van der Waals surface area contributed by atoms with E-state index < -0.39 is 0 Å². The molecule has 0 heterocycles. The van der Waals surface area contributed by atoms with Crippen molar-refractivity contribution in [2.24, 2.45) is 0 Å². The van der Waals surface area contributed by atoms with Crippen molar-refractivity contribution in [2.75, 3.05) is 13.2 Å². The average molecular weight is 218 g/mol. The van der Waals surface area contributed by atoms with Crippen LogP contribution in [0.3, 0.4) is 0 Å². The third-order valence-electron chi connectivity index (χ3n) is 1.64. The monoisotopic (exact) mass is 218 g/mol. The summed E-state index contributed by atoms with van der Waals surface area (Å²) < 4.78 is 15.8. The van der Waals surface area contributed by atoms with Gasteiger partial charge in [0.1, 0.15) is 6.61 Å². The van der Waals surface area contributed by atoms with Crippen LogP contribution in [0.1, 0.15) is 34.6 Å². The van der Waals surface area contributed by atoms with E-state index in [0.717, 1.165) is 0 Å². The molecule has 0 amide bonds. The Hall–Kier alpha value is -0.610. The lowest BCUT2D eigenvalue weighted by Gasteiger charge is -2.19. The predicted molar refractivity (Wildman–Crippen MR) is 57.7 cm³/mol. The maximum atomic E-state index is 10.5. The summed E-state index contributed by atoms with van der Waals surface area (Å²) in [7, 11) is 0. The SMILES string of the molecule is CC(=O)OCC(C)OCC(C)OC(C)C. The molecule has 4 heteroatoms. The third-order valence-corrected chi connectivity index (χ3v) is 1.64. The Bertz CT molecular complexity index is 179. The third kappa shape index (κ3) is 9.69. The highest BCUT2D eigenvalue weighted by Gasteiger charge is 2.09. The van der Waals surface area contributed by atoms with Crippen LogP contribution in [0.15, 0.2) is 0 Å². The van der Waals surface area contributed by atoms with Crippen LogP contribution in [-0.4, -0.2) is 37.5 Å². The fourth-order valence-electron chi connectivity index (χ4n) is 1.09. The zero-order chi connectivity index (χ0) is 11.8. The normalized spacial score (nSPS) is 15.1. The number of carbonyl (C=O) groups is 1. The Kier molecular flexibility index (Phi) is 7.34. The molecule has 0 rings (SSSR count). The quantitative estimate of drug-likeness (QED) is 0.611. The van der Waals surface area contributed by atoms with Crippen molar-refractivity contribution in [3.05, 3.63) is 0 Å². The van der Waals surface area contributed by atoms with Gasteiger partial charge in [0, 0.05) is 6.92 Å². The van der Waals surface area contributed by atoms with Crippen LogP contribution >= 0.6 is 0 Å². The molecular formula is C11H22O4. The number of hydrogen-bond donors (Lipinski definition) is 0. The van der Waals surface area contributed by atoms with E-state index >= 15 is 0 Å². The summed E-state index contributed by atoms with van der Waals surface area (Å²) in [6.07, 6.45) is 0.171. The fraction of sp³-hybridized carbons (Fsp3) is 0.909. The minimum absolute atomic E-state index is 0.0600. The maximum absolute atomic E-state index is 10.5. The Morgan fingerprint density at radius 3 is 2.13 bits per heavy atom. The molecule has 0 bridgehead atoms. The second-order valence-electron chi connectivity index (χ2n) is 3.94. The molecule has 0 aliphatic carbocycles. The van der Waals surface area contributed by atoms with Gasteiger partial charge in [0.05, 0.1) is 24.9 Å². The van der Waals surface area contributed by atoms with Gasteiger partial charge in [0.25, 0.3) is 0 Å². The minimum Gasteiger partial charge on any atom is -0.463 e. The summed E-state index contributed by atoms with van der Waals surface area (Å²) in [5.74, 6) is -0.281. The molecule has 0 saturated carbocycles. The number of carbonyl (C=O) groups excluding carboxylic acids is 1. The molecule has 0 radical (unpaired) electrons. The van der Waals surface area contributed by atoms with Gasteiger partial charge in [-0.25, -0.2) is 0 Å². The first-order chi connectivity index (χ1) is 6.91. The molecule has 0 aromatic rings. The molecule has 0 aromatic carbocycles. The molecule has 90 valence electrons. The zero-order valence-electron chi connectivity index (χ0n) is 10.3. The minimum atomic E-state index is -0.281. The van der Waals surface area contributed by atoms with Crippen LogP contribution in [-0.2, 0) is 19.0 Å². The second-order valence-corrected chi connectivity index (χ2v) is 3.94. The Labute approximate surface area is 91.9 Å². The van der Waals surface area contributed by atoms with E-state index in [0.29, 0.717) is 13.2 Å². The van der Waals surface area contributed by atoms with Gasteiger partial charge in [-0.3, -0.25) is 4.79 Å². The van der Waals surface area contributed by atoms with Crippen molar-refractivity contribution in [3.8, 4) is 0 Å². The molecule has 0 aliphatic rings. The van der Waals surface area contributed by atoms with Crippen LogP contribution in [0.4, 0.5) is 0 Å². The molecule has 0 aromatic heterocycles. The number of hydrogen-bond acceptors (Lipinski definition) is 4. The van der Waals surface area contributed by atoms with E-state index in [9.17, 15) is 4.79 Å². The molecule has 2 atom stereocenters. The molecule has 0 fully saturated rings. The maximum Gasteiger partial charge on any atom is 0.302 e. The Morgan fingerprint density at radius 1 is 1.07 bits per heavy atom. The summed E-state index contributed by atoms with van der Waals surface area (Å²) in [4.78, 5) is 10.5. The van der Waals surface area contributed by atoms with Gasteiger partial charge in [0.15, 0.2) is 0 Å². The first-order valence-electron chi connectivity index (χ1n) is 5.32. The van der Waals surface area contributed by atoms with Gasteiger partial charge in [-0.15, -0.1) is 0 Å².